The van der Waals surface area contributed by atoms with E-state index in [9.17, 15) is 22.6 Å². The van der Waals surface area contributed by atoms with Crippen LogP contribution in [0, 0.1) is 52.3 Å². The Morgan fingerprint density at radius 1 is 1.15 bits per heavy atom. The summed E-state index contributed by atoms with van der Waals surface area (Å²) in [5, 5.41) is 3.27. The van der Waals surface area contributed by atoms with Crippen LogP contribution < -0.4 is 5.32 Å². The van der Waals surface area contributed by atoms with Gasteiger partial charge in [-0.05, 0) is 103 Å². The number of hydrogen-bond donors (Lipinski definition) is 2. The molecule has 10 atom stereocenters. The van der Waals surface area contributed by atoms with Crippen LogP contribution in [-0.2, 0) is 24.2 Å². The van der Waals surface area contributed by atoms with Crippen LogP contribution in [0.15, 0.2) is 12.1 Å². The molecule has 1 aromatic rings. The Morgan fingerprint density at radius 3 is 2.49 bits per heavy atom. The maximum absolute atomic E-state index is 13.4. The summed E-state index contributed by atoms with van der Waals surface area (Å²) in [7, 11) is -4.63. The highest BCUT2D eigenvalue weighted by Crippen LogP contribution is 2.68. The van der Waals surface area contributed by atoms with Crippen LogP contribution in [0.4, 0.5) is 0 Å². The predicted molar refractivity (Wildman–Crippen MR) is 161 cm³/mol. The van der Waals surface area contributed by atoms with E-state index in [4.69, 9.17) is 15.8 Å². The smallest absolute Gasteiger partial charge is 0.348 e. The van der Waals surface area contributed by atoms with E-state index in [0.29, 0.717) is 35.9 Å². The van der Waals surface area contributed by atoms with Gasteiger partial charge in [-0.25, -0.2) is 4.18 Å². The predicted octanol–water partition coefficient (Wildman–Crippen LogP) is 7.27. The number of fused-ring (bicyclic) bond motifs is 5. The molecule has 0 spiro atoms. The fourth-order valence-electron chi connectivity index (χ4n) is 9.95. The fourth-order valence-corrected chi connectivity index (χ4v) is 11.8. The van der Waals surface area contributed by atoms with Crippen LogP contribution in [-0.4, -0.2) is 30.8 Å². The van der Waals surface area contributed by atoms with Gasteiger partial charge in [0.1, 0.15) is 5.78 Å². The lowest BCUT2D eigenvalue weighted by atomic mass is 9.44. The first-order valence-electron chi connectivity index (χ1n) is 15.3. The summed E-state index contributed by atoms with van der Waals surface area (Å²) in [6.07, 6.45) is 6.13. The lowest BCUT2D eigenvalue weighted by Crippen LogP contribution is -2.59. The van der Waals surface area contributed by atoms with E-state index in [-0.39, 0.29) is 64.1 Å². The third-order valence-electron chi connectivity index (χ3n) is 11.9. The molecule has 4 aliphatic carbocycles. The molecular formula is C31H46ClNO6S2. The Bertz CT molecular complexity index is 1260. The number of rotatable bonds is 8. The summed E-state index contributed by atoms with van der Waals surface area (Å²) in [6, 6.07) is 3.79. The minimum absolute atomic E-state index is 0.00468. The topological polar surface area (TPSA) is 110 Å². The van der Waals surface area contributed by atoms with Crippen molar-refractivity contribution in [3.8, 4) is 0 Å². The van der Waals surface area contributed by atoms with Crippen LogP contribution >= 0.6 is 22.9 Å². The Hall–Kier alpha value is -1.000. The molecule has 1 heterocycles. The quantitative estimate of drug-likeness (QED) is 0.293. The molecule has 0 bridgehead atoms. The van der Waals surface area contributed by atoms with Crippen LogP contribution in [0.5, 0.6) is 0 Å². The molecule has 0 saturated heterocycles. The number of amides is 1. The number of hydrogen-bond acceptors (Lipinski definition) is 6. The van der Waals surface area contributed by atoms with E-state index >= 15 is 0 Å². The minimum atomic E-state index is -4.63. The van der Waals surface area contributed by atoms with Gasteiger partial charge in [0.2, 0.25) is 5.91 Å². The van der Waals surface area contributed by atoms with Gasteiger partial charge in [-0.15, -0.1) is 11.3 Å². The number of carbonyl (C=O) groups excluding carboxylic acids is 2. The number of thiophene rings is 1. The number of nitrogens with one attached hydrogen (secondary N) is 1. The first-order chi connectivity index (χ1) is 19.1. The van der Waals surface area contributed by atoms with Crippen molar-refractivity contribution in [1.82, 2.24) is 5.32 Å². The van der Waals surface area contributed by atoms with Crippen LogP contribution in [0.3, 0.4) is 0 Å². The zero-order valence-corrected chi connectivity index (χ0v) is 27.3. The second-order valence-electron chi connectivity index (χ2n) is 14.4. The Labute approximate surface area is 254 Å². The zero-order chi connectivity index (χ0) is 29.9. The van der Waals surface area contributed by atoms with Gasteiger partial charge in [-0.1, -0.05) is 46.2 Å². The minimum Gasteiger partial charge on any atom is -0.348 e. The Kier molecular flexibility index (Phi) is 8.81. The van der Waals surface area contributed by atoms with Gasteiger partial charge in [0.25, 0.3) is 0 Å². The average molecular weight is 628 g/mol. The van der Waals surface area contributed by atoms with Crippen LogP contribution in [0.2, 0.25) is 4.34 Å². The SMILES string of the molecule is CC(C)C(NC(=O)C[C@@H](C)[C@H]1CC[C@H]2[C@@H]3[C@H](OS(=O)(=O)O)C[C@@H]4CC(=O)CC[C@]4(C)[C@H]3CC[C@]12C)c1ccc(Cl)s1. The van der Waals surface area contributed by atoms with Crippen molar-refractivity contribution in [3.05, 3.63) is 21.3 Å². The van der Waals surface area contributed by atoms with Gasteiger partial charge >= 0.3 is 10.4 Å². The Morgan fingerprint density at radius 2 is 1.85 bits per heavy atom. The Balaban J connectivity index is 1.34. The number of Topliss-reactive ketones (excluding diaryl/α,β-unsaturated/α-hetero) is 1. The van der Waals surface area contributed by atoms with E-state index in [0.717, 1.165) is 37.0 Å². The lowest BCUT2D eigenvalue weighted by Gasteiger charge is -2.62. The van der Waals surface area contributed by atoms with Gasteiger partial charge in [0.15, 0.2) is 0 Å². The highest BCUT2D eigenvalue weighted by Gasteiger charge is 2.64. The second kappa shape index (κ2) is 11.5. The molecular weight excluding hydrogens is 582 g/mol. The normalized spacial score (nSPS) is 38.6. The maximum atomic E-state index is 13.4. The van der Waals surface area contributed by atoms with E-state index in [1.54, 1.807) is 0 Å². The fraction of sp³-hybridized carbons (Fsp3) is 0.806. The molecule has 0 aromatic carbocycles. The van der Waals surface area contributed by atoms with Crippen molar-refractivity contribution in [2.45, 2.75) is 105 Å². The van der Waals surface area contributed by atoms with E-state index < -0.39 is 16.5 Å². The van der Waals surface area contributed by atoms with Crippen molar-refractivity contribution in [1.29, 1.82) is 0 Å². The summed E-state index contributed by atoms with van der Waals surface area (Å²) in [6.45, 7) is 11.0. The first-order valence-corrected chi connectivity index (χ1v) is 17.9. The molecule has 41 heavy (non-hydrogen) atoms. The molecule has 1 unspecified atom stereocenters. The molecule has 1 amide bonds. The third-order valence-corrected chi connectivity index (χ3v) is 13.7. The largest absolute Gasteiger partial charge is 0.397 e. The van der Waals surface area contributed by atoms with E-state index in [1.165, 1.54) is 11.3 Å². The molecule has 10 heteroatoms. The van der Waals surface area contributed by atoms with Gasteiger partial charge in [0, 0.05) is 24.1 Å². The highest BCUT2D eigenvalue weighted by atomic mass is 35.5. The third kappa shape index (κ3) is 6.04. The summed E-state index contributed by atoms with van der Waals surface area (Å²) < 4.78 is 39.9. The zero-order valence-electron chi connectivity index (χ0n) is 24.9. The molecule has 4 aliphatic rings. The summed E-state index contributed by atoms with van der Waals surface area (Å²) in [4.78, 5) is 26.8. The molecule has 230 valence electrons. The molecule has 2 N–H and O–H groups in total. The monoisotopic (exact) mass is 627 g/mol. The molecule has 0 radical (unpaired) electrons. The molecule has 0 aliphatic heterocycles. The molecule has 4 fully saturated rings. The second-order valence-corrected chi connectivity index (χ2v) is 17.2. The molecule has 7 nitrogen and oxygen atoms in total. The highest BCUT2D eigenvalue weighted by molar-refractivity contribution is 7.80. The number of carbonyl (C=O) groups is 2. The number of halogens is 1. The van der Waals surface area contributed by atoms with Gasteiger partial charge in [-0.2, -0.15) is 8.42 Å². The van der Waals surface area contributed by atoms with Gasteiger partial charge in [0.05, 0.1) is 16.5 Å². The van der Waals surface area contributed by atoms with Crippen LogP contribution in [0.1, 0.15) is 103 Å². The standard InChI is InChI=1S/C31H46ClNO6S2/c1-17(2)29(25-8-9-26(32)40-25)33-27(35)14-18(3)21-6-7-22-28-23(11-13-31(21,22)5)30(4)12-10-20(34)15-19(30)16-24(28)39-41(36,37)38/h8-9,17-19,21-24,28-29H,6-7,10-16H2,1-5H3,(H,33,35)(H,36,37,38)/t18-,19+,21-,22+,23+,24-,28+,29?,30+,31-/m1/s1. The number of ketones is 1. The van der Waals surface area contributed by atoms with Crippen molar-refractivity contribution >= 4 is 45.0 Å². The molecule has 5 rings (SSSR count). The molecule has 4 saturated carbocycles. The summed E-state index contributed by atoms with van der Waals surface area (Å²) in [5.74, 6) is 1.61. The van der Waals surface area contributed by atoms with Gasteiger partial charge in [-0.3, -0.25) is 14.1 Å². The average Bonchev–Trinajstić information content (AvgIpc) is 3.45. The maximum Gasteiger partial charge on any atom is 0.397 e. The first kappa shape index (κ1) is 31.4. The summed E-state index contributed by atoms with van der Waals surface area (Å²) >= 11 is 7.68. The van der Waals surface area contributed by atoms with Gasteiger partial charge < -0.3 is 5.32 Å². The van der Waals surface area contributed by atoms with Crippen molar-refractivity contribution in [2.75, 3.05) is 0 Å². The molecule has 1 aromatic heterocycles. The van der Waals surface area contributed by atoms with Crippen molar-refractivity contribution in [3.63, 3.8) is 0 Å². The van der Waals surface area contributed by atoms with Crippen LogP contribution in [0.25, 0.3) is 0 Å². The van der Waals surface area contributed by atoms with Crippen molar-refractivity contribution in [2.24, 2.45) is 52.3 Å². The van der Waals surface area contributed by atoms with Crippen molar-refractivity contribution < 1.29 is 26.7 Å². The lowest BCUT2D eigenvalue weighted by molar-refractivity contribution is -0.164. The van der Waals surface area contributed by atoms with E-state index in [2.05, 4.69) is 39.9 Å². The van der Waals surface area contributed by atoms with E-state index in [1.807, 2.05) is 12.1 Å². The summed E-state index contributed by atoms with van der Waals surface area (Å²) in [5.41, 5.74) is -0.0762.